The maximum Gasteiger partial charge on any atom is 0.228 e. The first-order chi connectivity index (χ1) is 16.5. The Bertz CT molecular complexity index is 1050. The second-order valence-corrected chi connectivity index (χ2v) is 11.4. The normalized spacial score (nSPS) is 30.1. The van der Waals surface area contributed by atoms with Gasteiger partial charge in [-0.15, -0.1) is 0 Å². The number of hydrogen-bond donors (Lipinski definition) is 0. The monoisotopic (exact) mass is 481 g/mol. The van der Waals surface area contributed by atoms with Crippen LogP contribution in [0.1, 0.15) is 50.8 Å². The van der Waals surface area contributed by atoms with Crippen LogP contribution < -0.4 is 0 Å². The number of rotatable bonds is 5. The lowest BCUT2D eigenvalue weighted by molar-refractivity contribution is -0.160. The van der Waals surface area contributed by atoms with Gasteiger partial charge >= 0.3 is 0 Å². The van der Waals surface area contributed by atoms with Gasteiger partial charge in [-0.3, -0.25) is 9.59 Å². The van der Waals surface area contributed by atoms with Crippen molar-refractivity contribution in [2.45, 2.75) is 51.4 Å². The Kier molecular flexibility index (Phi) is 5.67. The second kappa shape index (κ2) is 8.71. The maximum absolute atomic E-state index is 13.6. The number of aryl methyl sites for hydroxylation is 1. The quantitative estimate of drug-likeness (QED) is 0.614. The summed E-state index contributed by atoms with van der Waals surface area (Å²) in [4.78, 5) is 34.7. The summed E-state index contributed by atoms with van der Waals surface area (Å²) in [5.74, 6) is 3.94. The molecule has 5 aliphatic rings. The van der Waals surface area contributed by atoms with Crippen molar-refractivity contribution in [3.05, 3.63) is 41.4 Å². The Morgan fingerprint density at radius 1 is 0.971 bits per heavy atom. The molecule has 1 saturated heterocycles. The van der Waals surface area contributed by atoms with E-state index in [9.17, 15) is 9.59 Å². The van der Waals surface area contributed by atoms with Crippen LogP contribution in [0.3, 0.4) is 0 Å². The second-order valence-electron chi connectivity index (χ2n) is 11.0. The van der Waals surface area contributed by atoms with E-state index in [1.807, 2.05) is 29.2 Å². The predicted molar refractivity (Wildman–Crippen MR) is 129 cm³/mol. The van der Waals surface area contributed by atoms with E-state index in [-0.39, 0.29) is 11.3 Å². The van der Waals surface area contributed by atoms with Crippen molar-refractivity contribution < 1.29 is 14.0 Å². The number of halogens is 1. The molecule has 5 fully saturated rings. The lowest BCUT2D eigenvalue weighted by Crippen LogP contribution is -2.58. The lowest BCUT2D eigenvalue weighted by atomic mass is 9.49. The summed E-state index contributed by atoms with van der Waals surface area (Å²) in [6.45, 7) is 2.55. The molecule has 2 heterocycles. The Labute approximate surface area is 205 Å². The van der Waals surface area contributed by atoms with E-state index in [0.717, 1.165) is 42.6 Å². The van der Waals surface area contributed by atoms with E-state index in [1.165, 1.54) is 19.3 Å². The van der Waals surface area contributed by atoms with Crippen LogP contribution in [-0.4, -0.2) is 52.8 Å². The molecule has 1 aliphatic heterocycles. The molecule has 4 saturated carbocycles. The molecule has 0 N–H and O–H groups in total. The Morgan fingerprint density at radius 2 is 1.59 bits per heavy atom. The molecule has 34 heavy (non-hydrogen) atoms. The molecule has 0 atom stereocenters. The number of hydrogen-bond acceptors (Lipinski definition) is 4. The van der Waals surface area contributed by atoms with Crippen molar-refractivity contribution in [1.82, 2.24) is 14.8 Å². The molecule has 180 valence electrons. The zero-order valence-electron chi connectivity index (χ0n) is 19.5. The number of carbonyl (C=O) groups is 2. The highest BCUT2D eigenvalue weighted by molar-refractivity contribution is 6.33. The molecular weight excluding hydrogens is 450 g/mol. The topological polar surface area (TPSA) is 66.7 Å². The predicted octanol–water partition coefficient (Wildman–Crippen LogP) is 4.81. The van der Waals surface area contributed by atoms with Crippen molar-refractivity contribution in [1.29, 1.82) is 0 Å². The van der Waals surface area contributed by atoms with E-state index in [4.69, 9.17) is 16.0 Å². The van der Waals surface area contributed by atoms with Crippen molar-refractivity contribution in [2.24, 2.45) is 23.2 Å². The summed E-state index contributed by atoms with van der Waals surface area (Å²) in [5, 5.41) is 0.613. The van der Waals surface area contributed by atoms with Crippen LogP contribution in [0.2, 0.25) is 5.02 Å². The summed E-state index contributed by atoms with van der Waals surface area (Å²) in [6, 6.07) is 7.48. The fourth-order valence-electron chi connectivity index (χ4n) is 7.45. The number of benzene rings is 1. The summed E-state index contributed by atoms with van der Waals surface area (Å²) in [6.07, 6.45) is 9.81. The molecular formula is C27H32ClN3O3. The van der Waals surface area contributed by atoms with Gasteiger partial charge in [-0.05, 0) is 68.4 Å². The van der Waals surface area contributed by atoms with Crippen LogP contribution in [0, 0.1) is 23.2 Å². The van der Waals surface area contributed by atoms with Crippen molar-refractivity contribution >= 4 is 23.4 Å². The highest BCUT2D eigenvalue weighted by Crippen LogP contribution is 2.60. The standard InChI is InChI=1S/C27H32ClN3O3/c28-22-4-2-1-3-21(22)23-17-29-24(34-23)5-6-25(32)30-7-9-31(10-8-30)26(33)27-14-18-11-19(15-27)13-20(12-18)16-27/h1-4,17-20H,5-16H2. The molecule has 1 aromatic carbocycles. The van der Waals surface area contributed by atoms with E-state index < -0.39 is 0 Å². The SMILES string of the molecule is O=C(CCc1ncc(-c2ccccc2Cl)o1)N1CCN(C(=O)C23CC4CC(CC(C4)C2)C3)CC1. The molecule has 7 heteroatoms. The number of piperazine rings is 1. The number of carbonyl (C=O) groups excluding carboxylic acids is 2. The van der Waals surface area contributed by atoms with E-state index in [1.54, 1.807) is 6.20 Å². The van der Waals surface area contributed by atoms with Gasteiger partial charge in [0, 0.05) is 44.6 Å². The minimum Gasteiger partial charge on any atom is -0.441 e. The van der Waals surface area contributed by atoms with Gasteiger partial charge in [0.15, 0.2) is 11.7 Å². The van der Waals surface area contributed by atoms with Crippen LogP contribution in [0.5, 0.6) is 0 Å². The van der Waals surface area contributed by atoms with Gasteiger partial charge in [0.05, 0.1) is 16.6 Å². The first kappa shape index (κ1) is 22.1. The van der Waals surface area contributed by atoms with Crippen molar-refractivity contribution in [3.63, 3.8) is 0 Å². The third kappa shape index (κ3) is 4.04. The molecule has 4 aliphatic carbocycles. The average molecular weight is 482 g/mol. The first-order valence-electron chi connectivity index (χ1n) is 12.8. The minimum atomic E-state index is -0.0920. The first-order valence-corrected chi connectivity index (χ1v) is 13.1. The van der Waals surface area contributed by atoms with Gasteiger partial charge in [-0.2, -0.15) is 0 Å². The molecule has 2 amide bonds. The van der Waals surface area contributed by atoms with Gasteiger partial charge in [-0.1, -0.05) is 23.7 Å². The molecule has 0 radical (unpaired) electrons. The zero-order chi connectivity index (χ0) is 23.3. The van der Waals surface area contributed by atoms with Crippen LogP contribution >= 0.6 is 11.6 Å². The van der Waals surface area contributed by atoms with Gasteiger partial charge in [0.2, 0.25) is 11.8 Å². The van der Waals surface area contributed by atoms with Gasteiger partial charge in [-0.25, -0.2) is 4.98 Å². The van der Waals surface area contributed by atoms with E-state index >= 15 is 0 Å². The Morgan fingerprint density at radius 3 is 2.24 bits per heavy atom. The largest absolute Gasteiger partial charge is 0.441 e. The summed E-state index contributed by atoms with van der Waals surface area (Å²) < 4.78 is 5.83. The van der Waals surface area contributed by atoms with Gasteiger partial charge in [0.1, 0.15) is 0 Å². The zero-order valence-corrected chi connectivity index (χ0v) is 20.3. The van der Waals surface area contributed by atoms with E-state index in [0.29, 0.717) is 61.6 Å². The fourth-order valence-corrected chi connectivity index (χ4v) is 7.68. The Balaban J connectivity index is 1.01. The third-order valence-corrected chi connectivity index (χ3v) is 8.99. The molecule has 6 nitrogen and oxygen atoms in total. The Hall–Kier alpha value is -2.34. The van der Waals surface area contributed by atoms with Crippen molar-refractivity contribution in [2.75, 3.05) is 26.2 Å². The molecule has 4 bridgehead atoms. The van der Waals surface area contributed by atoms with Crippen molar-refractivity contribution in [3.8, 4) is 11.3 Å². The van der Waals surface area contributed by atoms with Crippen LogP contribution in [0.4, 0.5) is 0 Å². The summed E-state index contributed by atoms with van der Waals surface area (Å²) >= 11 is 6.24. The number of oxazole rings is 1. The lowest BCUT2D eigenvalue weighted by Gasteiger charge is -2.57. The third-order valence-electron chi connectivity index (χ3n) is 8.66. The molecule has 0 spiro atoms. The van der Waals surface area contributed by atoms with Gasteiger partial charge < -0.3 is 14.2 Å². The number of amides is 2. The highest BCUT2D eigenvalue weighted by atomic mass is 35.5. The minimum absolute atomic E-state index is 0.0920. The number of nitrogens with zero attached hydrogens (tertiary/aromatic N) is 3. The average Bonchev–Trinajstić information content (AvgIpc) is 3.30. The molecule has 2 aromatic rings. The van der Waals surface area contributed by atoms with Crippen LogP contribution in [0.15, 0.2) is 34.9 Å². The smallest absolute Gasteiger partial charge is 0.228 e. The molecule has 1 aromatic heterocycles. The van der Waals surface area contributed by atoms with E-state index in [2.05, 4.69) is 9.88 Å². The summed E-state index contributed by atoms with van der Waals surface area (Å²) in [7, 11) is 0. The molecule has 7 rings (SSSR count). The van der Waals surface area contributed by atoms with Crippen LogP contribution in [-0.2, 0) is 16.0 Å². The molecule has 0 unspecified atom stereocenters. The maximum atomic E-state index is 13.6. The van der Waals surface area contributed by atoms with Crippen LogP contribution in [0.25, 0.3) is 11.3 Å². The highest BCUT2D eigenvalue weighted by Gasteiger charge is 2.55. The fraction of sp³-hybridized carbons (Fsp3) is 0.593. The number of aromatic nitrogens is 1. The summed E-state index contributed by atoms with van der Waals surface area (Å²) in [5.41, 5.74) is 0.708. The van der Waals surface area contributed by atoms with Gasteiger partial charge in [0.25, 0.3) is 0 Å².